The van der Waals surface area contributed by atoms with E-state index in [1.54, 1.807) is 12.1 Å². The molecule has 0 heterocycles. The van der Waals surface area contributed by atoms with Crippen molar-refractivity contribution in [1.82, 2.24) is 5.32 Å². The molecule has 0 radical (unpaired) electrons. The Hall–Kier alpha value is -2.33. The molecule has 0 atom stereocenters. The fraction of sp³-hybridized carbons (Fsp3) is 0.188. The van der Waals surface area contributed by atoms with Gasteiger partial charge in [0.25, 0.3) is 0 Å². The number of carboxylic acids is 1. The van der Waals surface area contributed by atoms with Crippen LogP contribution in [-0.2, 0) is 13.0 Å². The first-order chi connectivity index (χ1) is 9.66. The molecule has 0 spiro atoms. The topological polar surface area (TPSA) is 75.4 Å². The maximum atomic E-state index is 10.9. The molecule has 0 saturated heterocycles. The van der Waals surface area contributed by atoms with E-state index in [2.05, 4.69) is 17.4 Å². The first kappa shape index (κ1) is 14.1. The van der Waals surface area contributed by atoms with E-state index in [9.17, 15) is 4.79 Å². The Morgan fingerprint density at radius 3 is 2.60 bits per heavy atom. The molecule has 0 saturated carbocycles. The van der Waals surface area contributed by atoms with Crippen molar-refractivity contribution in [3.05, 3.63) is 65.2 Å². The second-order valence-corrected chi connectivity index (χ2v) is 4.63. The van der Waals surface area contributed by atoms with Gasteiger partial charge in [0.05, 0.1) is 5.56 Å². The Morgan fingerprint density at radius 2 is 1.90 bits per heavy atom. The SMILES string of the molecule is Nc1ccc(C(=O)O)cc1CNCCc1ccccc1. The smallest absolute Gasteiger partial charge is 0.335 e. The number of carbonyl (C=O) groups is 1. The van der Waals surface area contributed by atoms with Gasteiger partial charge in [0.1, 0.15) is 0 Å². The summed E-state index contributed by atoms with van der Waals surface area (Å²) in [6, 6.07) is 15.0. The number of benzene rings is 2. The van der Waals surface area contributed by atoms with E-state index < -0.39 is 5.97 Å². The minimum atomic E-state index is -0.935. The van der Waals surface area contributed by atoms with E-state index in [4.69, 9.17) is 10.8 Å². The monoisotopic (exact) mass is 270 g/mol. The van der Waals surface area contributed by atoms with Gasteiger partial charge in [-0.1, -0.05) is 30.3 Å². The van der Waals surface area contributed by atoms with E-state index in [-0.39, 0.29) is 5.56 Å². The van der Waals surface area contributed by atoms with Crippen LogP contribution in [0, 0.1) is 0 Å². The van der Waals surface area contributed by atoms with Gasteiger partial charge in [0.2, 0.25) is 0 Å². The van der Waals surface area contributed by atoms with Crippen LogP contribution in [0.1, 0.15) is 21.5 Å². The molecule has 0 aliphatic rings. The number of anilines is 1. The molecule has 4 nitrogen and oxygen atoms in total. The molecule has 4 heteroatoms. The largest absolute Gasteiger partial charge is 0.478 e. The summed E-state index contributed by atoms with van der Waals surface area (Å²) in [7, 11) is 0. The van der Waals surface area contributed by atoms with Crippen LogP contribution in [0.3, 0.4) is 0 Å². The van der Waals surface area contributed by atoms with Crippen LogP contribution in [0.25, 0.3) is 0 Å². The number of carboxylic acid groups (broad SMARTS) is 1. The van der Waals surface area contributed by atoms with Crippen molar-refractivity contribution in [2.24, 2.45) is 0 Å². The molecular weight excluding hydrogens is 252 g/mol. The third kappa shape index (κ3) is 3.83. The zero-order chi connectivity index (χ0) is 14.4. The third-order valence-electron chi connectivity index (χ3n) is 3.14. The molecule has 20 heavy (non-hydrogen) atoms. The summed E-state index contributed by atoms with van der Waals surface area (Å²) in [5.41, 5.74) is 8.81. The predicted octanol–water partition coefficient (Wildman–Crippen LogP) is 2.30. The molecule has 4 N–H and O–H groups in total. The number of nitrogens with one attached hydrogen (secondary N) is 1. The molecular formula is C16H18N2O2. The summed E-state index contributed by atoms with van der Waals surface area (Å²) >= 11 is 0. The highest BCUT2D eigenvalue weighted by molar-refractivity contribution is 5.88. The van der Waals surface area contributed by atoms with Gasteiger partial charge in [-0.3, -0.25) is 0 Å². The van der Waals surface area contributed by atoms with Crippen LogP contribution in [0.2, 0.25) is 0 Å². The molecule has 0 aliphatic carbocycles. The minimum Gasteiger partial charge on any atom is -0.478 e. The van der Waals surface area contributed by atoms with E-state index in [0.717, 1.165) is 18.5 Å². The van der Waals surface area contributed by atoms with Gasteiger partial charge in [-0.15, -0.1) is 0 Å². The average Bonchev–Trinajstić information content (AvgIpc) is 2.46. The first-order valence-electron chi connectivity index (χ1n) is 6.53. The predicted molar refractivity (Wildman–Crippen MR) is 79.7 cm³/mol. The van der Waals surface area contributed by atoms with Crippen molar-refractivity contribution in [1.29, 1.82) is 0 Å². The van der Waals surface area contributed by atoms with Crippen molar-refractivity contribution >= 4 is 11.7 Å². The van der Waals surface area contributed by atoms with Crippen LogP contribution in [0.5, 0.6) is 0 Å². The molecule has 0 amide bonds. The molecule has 0 aromatic heterocycles. The summed E-state index contributed by atoms with van der Waals surface area (Å²) in [4.78, 5) is 10.9. The summed E-state index contributed by atoms with van der Waals surface area (Å²) in [5.74, 6) is -0.935. The number of aromatic carboxylic acids is 1. The second kappa shape index (κ2) is 6.73. The van der Waals surface area contributed by atoms with Crippen LogP contribution in [0.4, 0.5) is 5.69 Å². The number of nitrogen functional groups attached to an aromatic ring is 1. The Morgan fingerprint density at radius 1 is 1.15 bits per heavy atom. The van der Waals surface area contributed by atoms with Gasteiger partial charge >= 0.3 is 5.97 Å². The lowest BCUT2D eigenvalue weighted by Gasteiger charge is -2.09. The lowest BCUT2D eigenvalue weighted by atomic mass is 10.1. The standard InChI is InChI=1S/C16H18N2O2/c17-15-7-6-13(16(19)20)10-14(15)11-18-9-8-12-4-2-1-3-5-12/h1-7,10,18H,8-9,11,17H2,(H,19,20). The van der Waals surface area contributed by atoms with Crippen molar-refractivity contribution in [3.8, 4) is 0 Å². The Balaban J connectivity index is 1.88. The fourth-order valence-electron chi connectivity index (χ4n) is 1.99. The van der Waals surface area contributed by atoms with E-state index >= 15 is 0 Å². The molecule has 0 fully saturated rings. The highest BCUT2D eigenvalue weighted by Gasteiger charge is 2.06. The third-order valence-corrected chi connectivity index (χ3v) is 3.14. The van der Waals surface area contributed by atoms with E-state index in [0.29, 0.717) is 12.2 Å². The van der Waals surface area contributed by atoms with Crippen LogP contribution >= 0.6 is 0 Å². The molecule has 0 unspecified atom stereocenters. The van der Waals surface area contributed by atoms with Gasteiger partial charge in [-0.05, 0) is 42.3 Å². The van der Waals surface area contributed by atoms with Crippen molar-refractivity contribution < 1.29 is 9.90 Å². The van der Waals surface area contributed by atoms with E-state index in [1.807, 2.05) is 18.2 Å². The molecule has 2 aromatic rings. The van der Waals surface area contributed by atoms with Crippen LogP contribution in [-0.4, -0.2) is 17.6 Å². The number of rotatable bonds is 6. The maximum absolute atomic E-state index is 10.9. The summed E-state index contributed by atoms with van der Waals surface area (Å²) in [5, 5.41) is 12.2. The average molecular weight is 270 g/mol. The zero-order valence-electron chi connectivity index (χ0n) is 11.2. The molecule has 0 bridgehead atoms. The summed E-state index contributed by atoms with van der Waals surface area (Å²) < 4.78 is 0. The van der Waals surface area contributed by atoms with Crippen LogP contribution in [0.15, 0.2) is 48.5 Å². The lowest BCUT2D eigenvalue weighted by Crippen LogP contribution is -2.18. The zero-order valence-corrected chi connectivity index (χ0v) is 11.2. The van der Waals surface area contributed by atoms with Gasteiger partial charge in [-0.25, -0.2) is 4.79 Å². The molecule has 2 aromatic carbocycles. The first-order valence-corrected chi connectivity index (χ1v) is 6.53. The minimum absolute atomic E-state index is 0.263. The number of hydrogen-bond donors (Lipinski definition) is 3. The van der Waals surface area contributed by atoms with Crippen molar-refractivity contribution in [3.63, 3.8) is 0 Å². The molecule has 2 rings (SSSR count). The Bertz CT molecular complexity index is 582. The highest BCUT2D eigenvalue weighted by Crippen LogP contribution is 2.14. The number of nitrogens with two attached hydrogens (primary N) is 1. The fourth-order valence-corrected chi connectivity index (χ4v) is 1.99. The normalized spacial score (nSPS) is 10.4. The maximum Gasteiger partial charge on any atom is 0.335 e. The quantitative estimate of drug-likeness (QED) is 0.556. The van der Waals surface area contributed by atoms with Crippen molar-refractivity contribution in [2.45, 2.75) is 13.0 Å². The molecule has 0 aliphatic heterocycles. The molecule has 104 valence electrons. The van der Waals surface area contributed by atoms with Gasteiger partial charge in [0.15, 0.2) is 0 Å². The number of hydrogen-bond acceptors (Lipinski definition) is 3. The highest BCUT2D eigenvalue weighted by atomic mass is 16.4. The van der Waals surface area contributed by atoms with E-state index in [1.165, 1.54) is 11.6 Å². The van der Waals surface area contributed by atoms with Gasteiger partial charge < -0.3 is 16.2 Å². The lowest BCUT2D eigenvalue weighted by molar-refractivity contribution is 0.0697. The van der Waals surface area contributed by atoms with Crippen molar-refractivity contribution in [2.75, 3.05) is 12.3 Å². The Kier molecular flexibility index (Phi) is 4.74. The van der Waals surface area contributed by atoms with Gasteiger partial charge in [0, 0.05) is 12.2 Å². The Labute approximate surface area is 118 Å². The second-order valence-electron chi connectivity index (χ2n) is 4.63. The van der Waals surface area contributed by atoms with Crippen LogP contribution < -0.4 is 11.1 Å². The summed E-state index contributed by atoms with van der Waals surface area (Å²) in [6.07, 6.45) is 0.930. The summed E-state index contributed by atoms with van der Waals surface area (Å²) in [6.45, 7) is 1.39. The van der Waals surface area contributed by atoms with Gasteiger partial charge in [-0.2, -0.15) is 0 Å².